The normalized spacial score (nSPS) is 16.9. The lowest BCUT2D eigenvalue weighted by atomic mass is 10.0. The van der Waals surface area contributed by atoms with Gasteiger partial charge in [-0.05, 0) is 18.1 Å². The smallest absolute Gasteiger partial charge is 0.227 e. The molecule has 1 aromatic heterocycles. The Labute approximate surface area is 144 Å². The molecule has 0 fully saturated rings. The van der Waals surface area contributed by atoms with E-state index in [1.165, 1.54) is 17.8 Å². The van der Waals surface area contributed by atoms with E-state index in [0.717, 1.165) is 17.7 Å². The van der Waals surface area contributed by atoms with Crippen LogP contribution >= 0.6 is 11.8 Å². The fraction of sp³-hybridized carbons (Fsp3) is 0.471. The number of halogens is 1. The molecule has 0 spiro atoms. The molecule has 1 aliphatic heterocycles. The van der Waals surface area contributed by atoms with E-state index in [0.29, 0.717) is 23.0 Å². The first-order valence-electron chi connectivity index (χ1n) is 8.07. The second-order valence-corrected chi connectivity index (χ2v) is 7.22. The Kier molecular flexibility index (Phi) is 5.18. The fourth-order valence-corrected chi connectivity index (χ4v) is 3.77. The molecule has 1 unspecified atom stereocenters. The molecular weight excluding hydrogens is 329 g/mol. The van der Waals surface area contributed by atoms with Crippen LogP contribution in [0.25, 0.3) is 0 Å². The number of hydrogen-bond donors (Lipinski definition) is 1. The van der Waals surface area contributed by atoms with E-state index in [2.05, 4.69) is 15.5 Å². The van der Waals surface area contributed by atoms with Crippen molar-refractivity contribution in [2.45, 2.75) is 50.0 Å². The van der Waals surface area contributed by atoms with Gasteiger partial charge in [0, 0.05) is 29.4 Å². The molecule has 1 aliphatic rings. The third kappa shape index (κ3) is 3.77. The topological polar surface area (TPSA) is 68.0 Å². The van der Waals surface area contributed by atoms with Gasteiger partial charge in [0.05, 0.1) is 6.04 Å². The van der Waals surface area contributed by atoms with E-state index in [1.54, 1.807) is 6.07 Å². The number of fused-ring (bicyclic) bond motifs is 1. The Morgan fingerprint density at radius 1 is 1.50 bits per heavy atom. The third-order valence-electron chi connectivity index (χ3n) is 3.93. The molecule has 0 aliphatic carbocycles. The molecule has 5 nitrogen and oxygen atoms in total. The lowest BCUT2D eigenvalue weighted by Gasteiger charge is -2.26. The molecule has 3 rings (SSSR count). The summed E-state index contributed by atoms with van der Waals surface area (Å²) in [5.41, 5.74) is 0.861. The molecule has 0 saturated heterocycles. The van der Waals surface area contributed by atoms with E-state index in [9.17, 15) is 9.18 Å². The quantitative estimate of drug-likeness (QED) is 0.893. The van der Waals surface area contributed by atoms with Gasteiger partial charge in [-0.1, -0.05) is 31.1 Å². The molecule has 0 saturated carbocycles. The van der Waals surface area contributed by atoms with Gasteiger partial charge in [0.2, 0.25) is 11.8 Å². The monoisotopic (exact) mass is 349 g/mol. The first kappa shape index (κ1) is 17.0. The van der Waals surface area contributed by atoms with Crippen molar-refractivity contribution in [2.75, 3.05) is 5.75 Å². The van der Waals surface area contributed by atoms with Gasteiger partial charge in [0.25, 0.3) is 0 Å². The minimum Gasteiger partial charge on any atom is -0.349 e. The number of nitrogens with zero attached hydrogens (tertiary/aromatic N) is 2. The molecule has 0 bridgehead atoms. The number of amides is 1. The van der Waals surface area contributed by atoms with E-state index in [1.807, 2.05) is 19.9 Å². The Bertz CT molecular complexity index is 732. The number of nitrogens with one attached hydrogen (secondary N) is 1. The summed E-state index contributed by atoms with van der Waals surface area (Å²) in [5, 5.41) is 6.88. The molecular formula is C17H20FN3O2S. The van der Waals surface area contributed by atoms with Gasteiger partial charge in [-0.25, -0.2) is 4.39 Å². The standard InChI is InChI=1S/C17H20FN3O2S/c1-10(2)17-20-15(23-21-17)7-6-14(22)19-13-8-9-24-16-11(13)4-3-5-12(16)18/h3-5,10,13H,6-9H2,1-2H3,(H,19,22). The van der Waals surface area contributed by atoms with Gasteiger partial charge in [-0.3, -0.25) is 4.79 Å². The van der Waals surface area contributed by atoms with Gasteiger partial charge in [-0.15, -0.1) is 11.8 Å². The second-order valence-electron chi connectivity index (χ2n) is 6.12. The van der Waals surface area contributed by atoms with Crippen LogP contribution in [0.15, 0.2) is 27.6 Å². The average Bonchev–Trinajstić information content (AvgIpc) is 3.03. The number of thioether (sulfide) groups is 1. The summed E-state index contributed by atoms with van der Waals surface area (Å²) in [5.74, 6) is 1.80. The van der Waals surface area contributed by atoms with Crippen molar-refractivity contribution in [2.24, 2.45) is 0 Å². The summed E-state index contributed by atoms with van der Waals surface area (Å²) in [6.45, 7) is 3.97. The van der Waals surface area contributed by atoms with E-state index in [4.69, 9.17) is 4.52 Å². The number of aromatic nitrogens is 2. The maximum Gasteiger partial charge on any atom is 0.227 e. The average molecular weight is 349 g/mol. The highest BCUT2D eigenvalue weighted by Crippen LogP contribution is 2.37. The molecule has 1 N–H and O–H groups in total. The van der Waals surface area contributed by atoms with Crippen molar-refractivity contribution in [3.05, 3.63) is 41.3 Å². The third-order valence-corrected chi connectivity index (χ3v) is 5.09. The summed E-state index contributed by atoms with van der Waals surface area (Å²) in [4.78, 5) is 17.1. The lowest BCUT2D eigenvalue weighted by molar-refractivity contribution is -0.121. The van der Waals surface area contributed by atoms with Crippen LogP contribution < -0.4 is 5.32 Å². The van der Waals surface area contributed by atoms with Crippen LogP contribution in [0, 0.1) is 5.82 Å². The number of benzene rings is 1. The summed E-state index contributed by atoms with van der Waals surface area (Å²) in [6.07, 6.45) is 1.47. The van der Waals surface area contributed by atoms with Gasteiger partial charge in [0.15, 0.2) is 5.82 Å². The van der Waals surface area contributed by atoms with Gasteiger partial charge in [-0.2, -0.15) is 4.98 Å². The van der Waals surface area contributed by atoms with E-state index >= 15 is 0 Å². The van der Waals surface area contributed by atoms with Crippen molar-refractivity contribution in [3.8, 4) is 0 Å². The number of carbonyl (C=O) groups excluding carboxylic acids is 1. The minimum atomic E-state index is -0.219. The van der Waals surface area contributed by atoms with Crippen molar-refractivity contribution < 1.29 is 13.7 Å². The number of hydrogen-bond acceptors (Lipinski definition) is 5. The van der Waals surface area contributed by atoms with Crippen LogP contribution in [-0.4, -0.2) is 21.8 Å². The maximum absolute atomic E-state index is 13.9. The summed E-state index contributed by atoms with van der Waals surface area (Å²) in [7, 11) is 0. The highest BCUT2D eigenvalue weighted by Gasteiger charge is 2.24. The minimum absolute atomic E-state index is 0.0913. The molecule has 128 valence electrons. The first-order chi connectivity index (χ1) is 11.5. The van der Waals surface area contributed by atoms with Crippen LogP contribution in [0.3, 0.4) is 0 Å². The predicted molar refractivity (Wildman–Crippen MR) is 89.3 cm³/mol. The number of carbonyl (C=O) groups is 1. The van der Waals surface area contributed by atoms with Crippen LogP contribution in [0.5, 0.6) is 0 Å². The second kappa shape index (κ2) is 7.34. The Hall–Kier alpha value is -1.89. The van der Waals surface area contributed by atoms with Gasteiger partial charge >= 0.3 is 0 Å². The zero-order valence-corrected chi connectivity index (χ0v) is 14.5. The number of aryl methyl sites for hydroxylation is 1. The molecule has 1 atom stereocenters. The van der Waals surface area contributed by atoms with Crippen LogP contribution in [0.2, 0.25) is 0 Å². The van der Waals surface area contributed by atoms with Gasteiger partial charge < -0.3 is 9.84 Å². The Morgan fingerprint density at radius 2 is 2.33 bits per heavy atom. The fourth-order valence-electron chi connectivity index (χ4n) is 2.63. The van der Waals surface area contributed by atoms with Crippen molar-refractivity contribution in [1.29, 1.82) is 0 Å². The molecule has 2 aromatic rings. The SMILES string of the molecule is CC(C)c1noc(CCC(=O)NC2CCSc3c(F)cccc32)n1. The molecule has 2 heterocycles. The highest BCUT2D eigenvalue weighted by molar-refractivity contribution is 7.99. The maximum atomic E-state index is 13.9. The van der Waals surface area contributed by atoms with Crippen LogP contribution in [0.4, 0.5) is 4.39 Å². The van der Waals surface area contributed by atoms with E-state index < -0.39 is 0 Å². The van der Waals surface area contributed by atoms with E-state index in [-0.39, 0.29) is 30.1 Å². The van der Waals surface area contributed by atoms with Crippen molar-refractivity contribution in [1.82, 2.24) is 15.5 Å². The molecule has 1 amide bonds. The number of rotatable bonds is 5. The van der Waals surface area contributed by atoms with Crippen LogP contribution in [0.1, 0.15) is 55.9 Å². The zero-order chi connectivity index (χ0) is 17.1. The van der Waals surface area contributed by atoms with Crippen molar-refractivity contribution >= 4 is 17.7 Å². The highest BCUT2D eigenvalue weighted by atomic mass is 32.2. The lowest BCUT2D eigenvalue weighted by Crippen LogP contribution is -2.31. The Morgan fingerprint density at radius 3 is 3.08 bits per heavy atom. The van der Waals surface area contributed by atoms with Crippen LogP contribution in [-0.2, 0) is 11.2 Å². The summed E-state index contributed by atoms with van der Waals surface area (Å²) in [6, 6.07) is 4.88. The summed E-state index contributed by atoms with van der Waals surface area (Å²) >= 11 is 1.50. The first-order valence-corrected chi connectivity index (χ1v) is 9.06. The molecule has 0 radical (unpaired) electrons. The van der Waals surface area contributed by atoms with Crippen molar-refractivity contribution in [3.63, 3.8) is 0 Å². The largest absolute Gasteiger partial charge is 0.349 e. The predicted octanol–water partition coefficient (Wildman–Crippen LogP) is 3.62. The summed E-state index contributed by atoms with van der Waals surface area (Å²) < 4.78 is 19.0. The Balaban J connectivity index is 1.59. The van der Waals surface area contributed by atoms with Gasteiger partial charge in [0.1, 0.15) is 5.82 Å². The zero-order valence-electron chi connectivity index (χ0n) is 13.7. The molecule has 7 heteroatoms. The molecule has 1 aromatic carbocycles. The molecule has 24 heavy (non-hydrogen) atoms.